The summed E-state index contributed by atoms with van der Waals surface area (Å²) in [7, 11) is 1.27. The first kappa shape index (κ1) is 27.1. The molecule has 2 aliphatic heterocycles. The molecule has 2 bridgehead atoms. The van der Waals surface area contributed by atoms with Crippen LogP contribution in [0.15, 0.2) is 36.7 Å². The van der Waals surface area contributed by atoms with Gasteiger partial charge in [-0.3, -0.25) is 15.1 Å². The fourth-order valence-corrected chi connectivity index (χ4v) is 5.19. The predicted molar refractivity (Wildman–Crippen MR) is 146 cm³/mol. The number of fused-ring (bicyclic) bond motifs is 4. The SMILES string of the molecule is COC(=O)Nc1ccc2c(c1)NC(=O)[C@H](C)CCC[C@H](N1CCC(c3nccc(C)c3F)NC1=O)c1nc-2c[nH]1. The van der Waals surface area contributed by atoms with Crippen LogP contribution in [0.3, 0.4) is 0 Å². The lowest BCUT2D eigenvalue weighted by Crippen LogP contribution is -2.50. The molecule has 4 heterocycles. The van der Waals surface area contributed by atoms with Crippen molar-refractivity contribution in [2.75, 3.05) is 24.3 Å². The van der Waals surface area contributed by atoms with E-state index in [4.69, 9.17) is 4.98 Å². The molecule has 1 unspecified atom stereocenters. The predicted octanol–water partition coefficient (Wildman–Crippen LogP) is 5.05. The van der Waals surface area contributed by atoms with Crippen LogP contribution in [0.1, 0.15) is 61.8 Å². The van der Waals surface area contributed by atoms with Gasteiger partial charge in [0.1, 0.15) is 11.6 Å². The summed E-state index contributed by atoms with van der Waals surface area (Å²) in [4.78, 5) is 52.1. The van der Waals surface area contributed by atoms with Gasteiger partial charge in [-0.15, -0.1) is 0 Å². The van der Waals surface area contributed by atoms with Crippen LogP contribution in [0.25, 0.3) is 11.3 Å². The van der Waals surface area contributed by atoms with E-state index in [0.29, 0.717) is 66.2 Å². The van der Waals surface area contributed by atoms with E-state index in [1.54, 1.807) is 48.5 Å². The van der Waals surface area contributed by atoms with Gasteiger partial charge in [-0.25, -0.2) is 19.0 Å². The maximum atomic E-state index is 14.7. The molecular formula is C28H32FN7O4. The van der Waals surface area contributed by atoms with Crippen LogP contribution in [0, 0.1) is 18.7 Å². The number of carbonyl (C=O) groups excluding carboxylic acids is 3. The zero-order valence-electron chi connectivity index (χ0n) is 22.6. The van der Waals surface area contributed by atoms with Gasteiger partial charge in [-0.1, -0.05) is 13.3 Å². The zero-order valence-corrected chi connectivity index (χ0v) is 22.6. The highest BCUT2D eigenvalue weighted by Crippen LogP contribution is 2.35. The van der Waals surface area contributed by atoms with Gasteiger partial charge in [0.25, 0.3) is 0 Å². The maximum Gasteiger partial charge on any atom is 0.411 e. The quantitative estimate of drug-likeness (QED) is 0.360. The minimum Gasteiger partial charge on any atom is -0.453 e. The van der Waals surface area contributed by atoms with Gasteiger partial charge in [0, 0.05) is 36.1 Å². The molecule has 2 aliphatic rings. The van der Waals surface area contributed by atoms with Gasteiger partial charge in [0.2, 0.25) is 5.91 Å². The number of rotatable bonds is 3. The van der Waals surface area contributed by atoms with Crippen LogP contribution in [0.5, 0.6) is 0 Å². The Balaban J connectivity index is 1.44. The Bertz CT molecular complexity index is 1440. The Kier molecular flexibility index (Phi) is 7.67. The van der Waals surface area contributed by atoms with Gasteiger partial charge < -0.3 is 25.3 Å². The smallest absolute Gasteiger partial charge is 0.411 e. The summed E-state index contributed by atoms with van der Waals surface area (Å²) >= 11 is 0. The molecule has 0 spiro atoms. The van der Waals surface area contributed by atoms with Crippen LogP contribution in [0.4, 0.5) is 25.4 Å². The van der Waals surface area contributed by atoms with Crippen molar-refractivity contribution < 1.29 is 23.5 Å². The number of urea groups is 1. The lowest BCUT2D eigenvalue weighted by molar-refractivity contribution is -0.119. The average Bonchev–Trinajstić information content (AvgIpc) is 3.42. The second-order valence-corrected chi connectivity index (χ2v) is 10.2. The number of halogens is 1. The first-order chi connectivity index (χ1) is 19.2. The number of ether oxygens (including phenoxy) is 1. The molecular weight excluding hydrogens is 517 g/mol. The largest absolute Gasteiger partial charge is 0.453 e. The summed E-state index contributed by atoms with van der Waals surface area (Å²) in [5.74, 6) is -0.235. The molecule has 11 nitrogen and oxygen atoms in total. The highest BCUT2D eigenvalue weighted by molar-refractivity contribution is 5.98. The second-order valence-electron chi connectivity index (χ2n) is 10.2. The third-order valence-corrected chi connectivity index (χ3v) is 7.49. The Morgan fingerprint density at radius 1 is 1.20 bits per heavy atom. The topological polar surface area (TPSA) is 141 Å². The minimum absolute atomic E-state index is 0.157. The van der Waals surface area contributed by atoms with Crippen molar-refractivity contribution in [2.24, 2.45) is 5.92 Å². The highest BCUT2D eigenvalue weighted by Gasteiger charge is 2.35. The highest BCUT2D eigenvalue weighted by atomic mass is 19.1. The number of hydrogen-bond donors (Lipinski definition) is 4. The van der Waals surface area contributed by atoms with E-state index in [1.807, 2.05) is 6.92 Å². The van der Waals surface area contributed by atoms with Crippen molar-refractivity contribution in [1.29, 1.82) is 0 Å². The summed E-state index contributed by atoms with van der Waals surface area (Å²) < 4.78 is 19.4. The number of anilines is 2. The number of pyridine rings is 1. The molecule has 4 amide bonds. The molecule has 3 atom stereocenters. The van der Waals surface area contributed by atoms with Crippen LogP contribution in [-0.4, -0.2) is 51.5 Å². The summed E-state index contributed by atoms with van der Waals surface area (Å²) in [5, 5.41) is 8.51. The molecule has 12 heteroatoms. The van der Waals surface area contributed by atoms with E-state index in [-0.39, 0.29) is 29.6 Å². The van der Waals surface area contributed by atoms with Gasteiger partial charge in [0.15, 0.2) is 0 Å². The fourth-order valence-electron chi connectivity index (χ4n) is 5.19. The number of H-pyrrole nitrogens is 1. The van der Waals surface area contributed by atoms with Gasteiger partial charge in [-0.05, 0) is 56.0 Å². The third kappa shape index (κ3) is 5.47. The van der Waals surface area contributed by atoms with Gasteiger partial charge >= 0.3 is 12.1 Å². The first-order valence-electron chi connectivity index (χ1n) is 13.3. The zero-order chi connectivity index (χ0) is 28.4. The molecule has 5 rings (SSSR count). The van der Waals surface area contributed by atoms with Crippen molar-refractivity contribution in [1.82, 2.24) is 25.2 Å². The second kappa shape index (κ2) is 11.3. The molecule has 40 heavy (non-hydrogen) atoms. The van der Waals surface area contributed by atoms with E-state index in [9.17, 15) is 18.8 Å². The first-order valence-corrected chi connectivity index (χ1v) is 13.3. The molecule has 4 N–H and O–H groups in total. The van der Waals surface area contributed by atoms with Gasteiger partial charge in [-0.2, -0.15) is 0 Å². The number of carbonyl (C=O) groups is 3. The minimum atomic E-state index is -0.624. The molecule has 1 fully saturated rings. The Hall–Kier alpha value is -4.48. The fraction of sp³-hybridized carbons (Fsp3) is 0.393. The number of nitrogens with one attached hydrogen (secondary N) is 4. The van der Waals surface area contributed by atoms with Crippen LogP contribution in [0.2, 0.25) is 0 Å². The van der Waals surface area contributed by atoms with Crippen LogP contribution in [-0.2, 0) is 9.53 Å². The van der Waals surface area contributed by atoms with Crippen LogP contribution >= 0.6 is 0 Å². The molecule has 1 saturated heterocycles. The Labute approximate surface area is 230 Å². The maximum absolute atomic E-state index is 14.7. The van der Waals surface area contributed by atoms with E-state index in [0.717, 1.165) is 0 Å². The number of imidazole rings is 1. The number of aromatic nitrogens is 3. The number of hydrogen-bond acceptors (Lipinski definition) is 6. The molecule has 2 aromatic heterocycles. The van der Waals surface area contributed by atoms with E-state index >= 15 is 0 Å². The number of benzene rings is 1. The Morgan fingerprint density at radius 2 is 2.02 bits per heavy atom. The Morgan fingerprint density at radius 3 is 2.80 bits per heavy atom. The monoisotopic (exact) mass is 549 g/mol. The summed E-state index contributed by atoms with van der Waals surface area (Å²) in [6.07, 6.45) is 5.01. The lowest BCUT2D eigenvalue weighted by Gasteiger charge is -2.37. The number of amides is 4. The van der Waals surface area contributed by atoms with E-state index in [1.165, 1.54) is 7.11 Å². The standard InChI is InChI=1S/C28H32FN7O4/c1-15-9-11-30-24(23(15)29)19-10-12-36(27(38)35-19)22-6-4-5-16(2)26(37)34-20-13-17(32-28(39)40-3)7-8-18(20)21-14-31-25(22)33-21/h7-9,11,13-14,16,19,22H,4-6,10,12H2,1-3H3,(H,31,33)(H,32,39)(H,34,37)(H,35,38)/t16-,19?,22+/m1/s1. The van der Waals surface area contributed by atoms with Crippen molar-refractivity contribution in [3.05, 3.63) is 59.6 Å². The molecule has 0 saturated carbocycles. The summed E-state index contributed by atoms with van der Waals surface area (Å²) in [5.41, 5.74) is 2.90. The third-order valence-electron chi connectivity index (χ3n) is 7.49. The molecule has 3 aromatic rings. The number of nitrogens with zero attached hydrogens (tertiary/aromatic N) is 3. The molecule has 210 valence electrons. The molecule has 1 aromatic carbocycles. The van der Waals surface area contributed by atoms with Crippen LogP contribution < -0.4 is 16.0 Å². The average molecular weight is 550 g/mol. The normalized spacial score (nSPS) is 21.3. The summed E-state index contributed by atoms with van der Waals surface area (Å²) in [6, 6.07) is 5.50. The molecule has 0 aliphatic carbocycles. The number of aryl methyl sites for hydroxylation is 1. The lowest BCUT2D eigenvalue weighted by atomic mass is 9.97. The van der Waals surface area contributed by atoms with Gasteiger partial charge in [0.05, 0.1) is 36.3 Å². The van der Waals surface area contributed by atoms with E-state index < -0.39 is 18.0 Å². The number of methoxy groups -OCH3 is 1. The summed E-state index contributed by atoms with van der Waals surface area (Å²) in [6.45, 7) is 3.92. The van der Waals surface area contributed by atoms with Crippen molar-refractivity contribution >= 4 is 29.4 Å². The van der Waals surface area contributed by atoms with Crippen molar-refractivity contribution in [3.8, 4) is 11.3 Å². The number of aromatic amines is 1. The van der Waals surface area contributed by atoms with Crippen molar-refractivity contribution in [3.63, 3.8) is 0 Å². The van der Waals surface area contributed by atoms with Crippen molar-refractivity contribution in [2.45, 2.75) is 51.6 Å². The molecule has 0 radical (unpaired) electrons. The van der Waals surface area contributed by atoms with E-state index in [2.05, 4.69) is 30.7 Å².